The number of imide groups is 1. The molecule has 0 aromatic carbocycles. The molecule has 7 heteroatoms. The zero-order valence-corrected chi connectivity index (χ0v) is 14.7. The topological polar surface area (TPSA) is 69.6 Å². The van der Waals surface area contributed by atoms with Crippen molar-refractivity contribution in [3.8, 4) is 0 Å². The number of hydrogen-bond donors (Lipinski definition) is 0. The number of hydrogen-bond acceptors (Lipinski definition) is 5. The van der Waals surface area contributed by atoms with Gasteiger partial charge in [-0.15, -0.1) is 5.10 Å². The minimum absolute atomic E-state index is 0.00672. The van der Waals surface area contributed by atoms with E-state index in [1.807, 2.05) is 17.0 Å². The highest BCUT2D eigenvalue weighted by Gasteiger charge is 2.60. The van der Waals surface area contributed by atoms with Crippen LogP contribution in [0.4, 0.5) is 10.6 Å². The van der Waals surface area contributed by atoms with Crippen molar-refractivity contribution >= 4 is 17.8 Å². The summed E-state index contributed by atoms with van der Waals surface area (Å²) in [5.74, 6) is 0.915. The summed E-state index contributed by atoms with van der Waals surface area (Å²) in [4.78, 5) is 31.7. The minimum Gasteiger partial charge on any atom is -0.355 e. The fourth-order valence-corrected chi connectivity index (χ4v) is 4.74. The Bertz CT molecular complexity index is 659. The Hall–Kier alpha value is -2.18. The van der Waals surface area contributed by atoms with Gasteiger partial charge in [0.25, 0.3) is 5.91 Å². The molecule has 0 N–H and O–H groups in total. The molecule has 0 saturated carbocycles. The molecule has 3 aliphatic rings. The first-order chi connectivity index (χ1) is 12.2. The third-order valence-corrected chi connectivity index (χ3v) is 5.92. The lowest BCUT2D eigenvalue weighted by molar-refractivity contribution is -0.134. The van der Waals surface area contributed by atoms with Gasteiger partial charge in [-0.25, -0.2) is 4.79 Å². The van der Waals surface area contributed by atoms with Crippen molar-refractivity contribution in [1.82, 2.24) is 20.0 Å². The van der Waals surface area contributed by atoms with Gasteiger partial charge in [-0.05, 0) is 44.2 Å². The van der Waals surface area contributed by atoms with E-state index in [9.17, 15) is 9.59 Å². The summed E-state index contributed by atoms with van der Waals surface area (Å²) < 4.78 is 0. The fraction of sp³-hybridized carbons (Fsp3) is 0.667. The molecule has 0 spiro atoms. The number of anilines is 1. The molecule has 3 saturated heterocycles. The maximum atomic E-state index is 13.2. The summed E-state index contributed by atoms with van der Waals surface area (Å²) in [6.45, 7) is 4.40. The molecular weight excluding hydrogens is 318 g/mol. The second-order valence-electron chi connectivity index (χ2n) is 7.29. The van der Waals surface area contributed by atoms with Crippen LogP contribution in [0.3, 0.4) is 0 Å². The predicted octanol–water partition coefficient (Wildman–Crippen LogP) is 2.04. The average molecular weight is 343 g/mol. The van der Waals surface area contributed by atoms with Crippen molar-refractivity contribution in [2.75, 3.05) is 24.5 Å². The molecule has 3 aliphatic heterocycles. The van der Waals surface area contributed by atoms with E-state index in [0.717, 1.165) is 64.0 Å². The van der Waals surface area contributed by atoms with E-state index in [4.69, 9.17) is 0 Å². The first-order valence-electron chi connectivity index (χ1n) is 9.35. The summed E-state index contributed by atoms with van der Waals surface area (Å²) in [5.41, 5.74) is -0.548. The van der Waals surface area contributed by atoms with E-state index < -0.39 is 5.54 Å². The lowest BCUT2D eigenvalue weighted by atomic mass is 9.90. The van der Waals surface area contributed by atoms with Gasteiger partial charge in [0.1, 0.15) is 5.54 Å². The maximum Gasteiger partial charge on any atom is 0.327 e. The first-order valence-corrected chi connectivity index (χ1v) is 9.35. The summed E-state index contributed by atoms with van der Waals surface area (Å²) in [7, 11) is 0. The molecule has 7 nitrogen and oxygen atoms in total. The van der Waals surface area contributed by atoms with Crippen molar-refractivity contribution in [1.29, 1.82) is 0 Å². The molecule has 4 heterocycles. The quantitative estimate of drug-likeness (QED) is 0.783. The molecule has 4 rings (SSSR count). The van der Waals surface area contributed by atoms with Crippen molar-refractivity contribution in [3.63, 3.8) is 0 Å². The van der Waals surface area contributed by atoms with Gasteiger partial charge in [-0.2, -0.15) is 5.10 Å². The number of nitrogens with zero attached hydrogens (tertiary/aromatic N) is 5. The number of carbonyl (C=O) groups is 2. The van der Waals surface area contributed by atoms with Gasteiger partial charge in [0.05, 0.1) is 0 Å². The van der Waals surface area contributed by atoms with Crippen LogP contribution >= 0.6 is 0 Å². The summed E-state index contributed by atoms with van der Waals surface area (Å²) in [6.07, 6.45) is 6.73. The summed E-state index contributed by atoms with van der Waals surface area (Å²) in [6, 6.07) is 3.78. The van der Waals surface area contributed by atoms with Crippen molar-refractivity contribution in [2.24, 2.45) is 0 Å². The molecule has 0 unspecified atom stereocenters. The van der Waals surface area contributed by atoms with Crippen LogP contribution in [0.5, 0.6) is 0 Å². The maximum absolute atomic E-state index is 13.2. The van der Waals surface area contributed by atoms with Crippen LogP contribution in [0.25, 0.3) is 0 Å². The number of fused-ring (bicyclic) bond motifs is 1. The van der Waals surface area contributed by atoms with Crippen molar-refractivity contribution < 1.29 is 9.59 Å². The highest BCUT2D eigenvalue weighted by atomic mass is 16.2. The monoisotopic (exact) mass is 343 g/mol. The van der Waals surface area contributed by atoms with Gasteiger partial charge in [0, 0.05) is 31.9 Å². The normalized spacial score (nSPS) is 27.3. The Morgan fingerprint density at radius 2 is 2.04 bits per heavy atom. The number of amides is 3. The average Bonchev–Trinajstić information content (AvgIpc) is 3.15. The number of rotatable bonds is 4. The molecule has 25 heavy (non-hydrogen) atoms. The van der Waals surface area contributed by atoms with Crippen LogP contribution in [0, 0.1) is 0 Å². The fourth-order valence-electron chi connectivity index (χ4n) is 4.74. The van der Waals surface area contributed by atoms with Gasteiger partial charge in [-0.3, -0.25) is 9.69 Å². The Morgan fingerprint density at radius 1 is 1.24 bits per heavy atom. The predicted molar refractivity (Wildman–Crippen MR) is 93.1 cm³/mol. The molecular formula is C18H25N5O2. The van der Waals surface area contributed by atoms with Crippen molar-refractivity contribution in [3.05, 3.63) is 18.3 Å². The molecule has 0 bridgehead atoms. The first kappa shape index (κ1) is 16.3. The van der Waals surface area contributed by atoms with Crippen LogP contribution in [-0.4, -0.2) is 63.2 Å². The second-order valence-corrected chi connectivity index (χ2v) is 7.29. The van der Waals surface area contributed by atoms with Gasteiger partial charge >= 0.3 is 6.03 Å². The smallest absolute Gasteiger partial charge is 0.327 e. The molecule has 0 aliphatic carbocycles. The van der Waals surface area contributed by atoms with E-state index >= 15 is 0 Å². The molecule has 1 aromatic heterocycles. The van der Waals surface area contributed by atoms with Gasteiger partial charge < -0.3 is 9.80 Å². The standard InChI is InChI=1S/C18H25N5O2/c1-2-8-18-9-4-11-22(18)17(25)23(16(18)24)14-6-12-21(13-7-14)15-5-3-10-19-20-15/h3,5,10,14H,2,4,6-9,11-13H2,1H3/t18-/m0/s1. The third kappa shape index (κ3) is 2.48. The Kier molecular flexibility index (Phi) is 4.09. The van der Waals surface area contributed by atoms with Gasteiger partial charge in [-0.1, -0.05) is 13.3 Å². The molecule has 3 fully saturated rings. The van der Waals surface area contributed by atoms with Crippen LogP contribution in [0.2, 0.25) is 0 Å². The third-order valence-electron chi connectivity index (χ3n) is 5.92. The number of carbonyl (C=O) groups excluding carboxylic acids is 2. The van der Waals surface area contributed by atoms with Crippen LogP contribution in [0.1, 0.15) is 45.4 Å². The van der Waals surface area contributed by atoms with Crippen LogP contribution in [0.15, 0.2) is 18.3 Å². The number of piperidine rings is 1. The lowest BCUT2D eigenvalue weighted by Crippen LogP contribution is -2.49. The molecule has 1 atom stereocenters. The van der Waals surface area contributed by atoms with Gasteiger partial charge in [0.2, 0.25) is 0 Å². The zero-order valence-electron chi connectivity index (χ0n) is 14.7. The van der Waals surface area contributed by atoms with Gasteiger partial charge in [0.15, 0.2) is 5.82 Å². The van der Waals surface area contributed by atoms with Crippen LogP contribution < -0.4 is 4.90 Å². The van der Waals surface area contributed by atoms with E-state index in [2.05, 4.69) is 22.0 Å². The summed E-state index contributed by atoms with van der Waals surface area (Å²) >= 11 is 0. The SMILES string of the molecule is CCC[C@@]12CCCN1C(=O)N(C1CCN(c3cccnn3)CC1)C2=O. The molecule has 3 amide bonds. The van der Waals surface area contributed by atoms with Crippen LogP contribution in [-0.2, 0) is 4.79 Å². The Labute approximate surface area is 148 Å². The molecule has 1 aromatic rings. The largest absolute Gasteiger partial charge is 0.355 e. The van der Waals surface area contributed by atoms with E-state index in [1.54, 1.807) is 11.1 Å². The van der Waals surface area contributed by atoms with E-state index in [0.29, 0.717) is 0 Å². The zero-order chi connectivity index (χ0) is 17.4. The highest BCUT2D eigenvalue weighted by molar-refractivity contribution is 6.07. The minimum atomic E-state index is -0.548. The van der Waals surface area contributed by atoms with E-state index in [1.165, 1.54) is 0 Å². The Morgan fingerprint density at radius 3 is 2.72 bits per heavy atom. The highest BCUT2D eigenvalue weighted by Crippen LogP contribution is 2.42. The summed E-state index contributed by atoms with van der Waals surface area (Å²) in [5, 5.41) is 8.09. The van der Waals surface area contributed by atoms with E-state index in [-0.39, 0.29) is 18.0 Å². The number of aromatic nitrogens is 2. The lowest BCUT2D eigenvalue weighted by Gasteiger charge is -2.36. The second kappa shape index (κ2) is 6.28. The Balaban J connectivity index is 1.48. The molecule has 134 valence electrons. The van der Waals surface area contributed by atoms with Crippen molar-refractivity contribution in [2.45, 2.75) is 57.0 Å². The molecule has 0 radical (unpaired) electrons. The number of urea groups is 1.